The SMILES string of the molecule is C=CC1CCCC(=O)C1CC(=O)OC. The molecule has 0 radical (unpaired) electrons. The number of Topliss-reactive ketones (excluding diaryl/α,β-unsaturated/α-hetero) is 1. The number of carbonyl (C=O) groups is 2. The summed E-state index contributed by atoms with van der Waals surface area (Å²) in [4.78, 5) is 22.6. The molecule has 0 saturated heterocycles. The molecule has 2 atom stereocenters. The van der Waals surface area contributed by atoms with E-state index in [1.54, 1.807) is 6.08 Å². The second-order valence-electron chi connectivity index (χ2n) is 3.64. The van der Waals surface area contributed by atoms with Gasteiger partial charge in [0.2, 0.25) is 0 Å². The van der Waals surface area contributed by atoms with Gasteiger partial charge in [-0.1, -0.05) is 6.08 Å². The summed E-state index contributed by atoms with van der Waals surface area (Å²) in [6.07, 6.45) is 4.44. The fraction of sp³-hybridized carbons (Fsp3) is 0.636. The van der Waals surface area contributed by atoms with Gasteiger partial charge in [0.25, 0.3) is 0 Å². The Bertz CT molecular complexity index is 245. The molecule has 1 rings (SSSR count). The number of ketones is 1. The summed E-state index contributed by atoms with van der Waals surface area (Å²) in [5.41, 5.74) is 0. The fourth-order valence-electron chi connectivity index (χ4n) is 1.95. The van der Waals surface area contributed by atoms with Crippen LogP contribution in [0, 0.1) is 11.8 Å². The van der Waals surface area contributed by atoms with E-state index in [-0.39, 0.29) is 30.0 Å². The molecule has 3 heteroatoms. The Balaban J connectivity index is 2.64. The summed E-state index contributed by atoms with van der Waals surface area (Å²) in [5.74, 6) is -0.187. The van der Waals surface area contributed by atoms with Crippen molar-refractivity contribution in [1.82, 2.24) is 0 Å². The Hall–Kier alpha value is -1.12. The van der Waals surface area contributed by atoms with Gasteiger partial charge in [0.1, 0.15) is 5.78 Å². The zero-order valence-corrected chi connectivity index (χ0v) is 8.49. The lowest BCUT2D eigenvalue weighted by Gasteiger charge is -2.26. The lowest BCUT2D eigenvalue weighted by Crippen LogP contribution is -2.29. The van der Waals surface area contributed by atoms with Gasteiger partial charge in [-0.15, -0.1) is 6.58 Å². The Morgan fingerprint density at radius 1 is 1.71 bits per heavy atom. The minimum atomic E-state index is -0.308. The van der Waals surface area contributed by atoms with E-state index in [0.29, 0.717) is 6.42 Å². The Labute approximate surface area is 84.1 Å². The highest BCUT2D eigenvalue weighted by molar-refractivity contribution is 5.86. The molecule has 0 aliphatic heterocycles. The van der Waals surface area contributed by atoms with E-state index >= 15 is 0 Å². The molecule has 0 heterocycles. The summed E-state index contributed by atoms with van der Waals surface area (Å²) >= 11 is 0. The lowest BCUT2D eigenvalue weighted by atomic mass is 9.77. The van der Waals surface area contributed by atoms with Gasteiger partial charge < -0.3 is 4.74 Å². The van der Waals surface area contributed by atoms with Crippen molar-refractivity contribution in [3.63, 3.8) is 0 Å². The quantitative estimate of drug-likeness (QED) is 0.510. The maximum absolute atomic E-state index is 11.6. The molecule has 0 amide bonds. The number of allylic oxidation sites excluding steroid dienone is 1. The molecule has 78 valence electrons. The zero-order valence-electron chi connectivity index (χ0n) is 8.49. The maximum atomic E-state index is 11.6. The average molecular weight is 196 g/mol. The van der Waals surface area contributed by atoms with Crippen LogP contribution in [0.2, 0.25) is 0 Å². The van der Waals surface area contributed by atoms with Crippen molar-refractivity contribution in [1.29, 1.82) is 0 Å². The van der Waals surface area contributed by atoms with Crippen LogP contribution < -0.4 is 0 Å². The molecule has 1 fully saturated rings. The van der Waals surface area contributed by atoms with Crippen LogP contribution in [0.25, 0.3) is 0 Å². The maximum Gasteiger partial charge on any atom is 0.306 e. The van der Waals surface area contributed by atoms with Crippen LogP contribution in [0.4, 0.5) is 0 Å². The highest BCUT2D eigenvalue weighted by atomic mass is 16.5. The highest BCUT2D eigenvalue weighted by Gasteiger charge is 2.31. The summed E-state index contributed by atoms with van der Waals surface area (Å²) in [6.45, 7) is 3.70. The van der Waals surface area contributed by atoms with Crippen molar-refractivity contribution in [3.8, 4) is 0 Å². The molecule has 1 aliphatic carbocycles. The van der Waals surface area contributed by atoms with E-state index in [1.165, 1.54) is 7.11 Å². The second-order valence-corrected chi connectivity index (χ2v) is 3.64. The van der Waals surface area contributed by atoms with E-state index < -0.39 is 0 Å². The van der Waals surface area contributed by atoms with Crippen LogP contribution in [0.1, 0.15) is 25.7 Å². The minimum absolute atomic E-state index is 0.148. The largest absolute Gasteiger partial charge is 0.469 e. The number of rotatable bonds is 3. The molecule has 1 saturated carbocycles. The molecular formula is C11H16O3. The van der Waals surface area contributed by atoms with Crippen molar-refractivity contribution in [2.24, 2.45) is 11.8 Å². The number of carbonyl (C=O) groups excluding carboxylic acids is 2. The van der Waals surface area contributed by atoms with Gasteiger partial charge in [0.15, 0.2) is 0 Å². The summed E-state index contributed by atoms with van der Waals surface area (Å²) in [7, 11) is 1.35. The van der Waals surface area contributed by atoms with E-state index in [2.05, 4.69) is 11.3 Å². The van der Waals surface area contributed by atoms with E-state index in [4.69, 9.17) is 0 Å². The first-order chi connectivity index (χ1) is 6.69. The molecule has 0 spiro atoms. The zero-order chi connectivity index (χ0) is 10.6. The summed E-state index contributed by atoms with van der Waals surface area (Å²) < 4.78 is 4.57. The topological polar surface area (TPSA) is 43.4 Å². The number of esters is 1. The van der Waals surface area contributed by atoms with Crippen LogP contribution in [0.15, 0.2) is 12.7 Å². The van der Waals surface area contributed by atoms with Gasteiger partial charge in [-0.2, -0.15) is 0 Å². The van der Waals surface area contributed by atoms with Gasteiger partial charge >= 0.3 is 5.97 Å². The second kappa shape index (κ2) is 4.94. The van der Waals surface area contributed by atoms with Gasteiger partial charge in [-0.25, -0.2) is 0 Å². The molecular weight excluding hydrogens is 180 g/mol. The Kier molecular flexibility index (Phi) is 3.86. The predicted molar refractivity (Wildman–Crippen MR) is 52.7 cm³/mol. The number of hydrogen-bond donors (Lipinski definition) is 0. The van der Waals surface area contributed by atoms with E-state index in [0.717, 1.165) is 12.8 Å². The van der Waals surface area contributed by atoms with E-state index in [1.807, 2.05) is 0 Å². The first kappa shape index (κ1) is 11.0. The third kappa shape index (κ3) is 2.44. The van der Waals surface area contributed by atoms with Crippen LogP contribution in [-0.4, -0.2) is 18.9 Å². The molecule has 0 aromatic heterocycles. The monoisotopic (exact) mass is 196 g/mol. The molecule has 14 heavy (non-hydrogen) atoms. The van der Waals surface area contributed by atoms with Crippen LogP contribution >= 0.6 is 0 Å². The average Bonchev–Trinajstić information content (AvgIpc) is 2.20. The molecule has 0 aromatic rings. The highest BCUT2D eigenvalue weighted by Crippen LogP contribution is 2.30. The van der Waals surface area contributed by atoms with E-state index in [9.17, 15) is 9.59 Å². The third-order valence-electron chi connectivity index (χ3n) is 2.81. The lowest BCUT2D eigenvalue weighted by molar-refractivity contribution is -0.145. The molecule has 0 N–H and O–H groups in total. The van der Waals surface area contributed by atoms with Crippen LogP contribution in [0.5, 0.6) is 0 Å². The van der Waals surface area contributed by atoms with Gasteiger partial charge in [-0.3, -0.25) is 9.59 Å². The number of ether oxygens (including phenoxy) is 1. The summed E-state index contributed by atoms with van der Waals surface area (Å²) in [6, 6.07) is 0. The van der Waals surface area contributed by atoms with Crippen molar-refractivity contribution in [2.75, 3.05) is 7.11 Å². The van der Waals surface area contributed by atoms with Gasteiger partial charge in [-0.05, 0) is 18.8 Å². The summed E-state index contributed by atoms with van der Waals surface area (Å²) in [5, 5.41) is 0. The van der Waals surface area contributed by atoms with Gasteiger partial charge in [0.05, 0.1) is 13.5 Å². The Morgan fingerprint density at radius 2 is 2.43 bits per heavy atom. The van der Waals surface area contributed by atoms with Crippen molar-refractivity contribution >= 4 is 11.8 Å². The molecule has 0 aromatic carbocycles. The smallest absolute Gasteiger partial charge is 0.306 e. The fourth-order valence-corrected chi connectivity index (χ4v) is 1.95. The molecule has 3 nitrogen and oxygen atoms in total. The van der Waals surface area contributed by atoms with Crippen LogP contribution in [0.3, 0.4) is 0 Å². The first-order valence-corrected chi connectivity index (χ1v) is 4.91. The number of methoxy groups -OCH3 is 1. The normalized spacial score (nSPS) is 27.1. The predicted octanol–water partition coefficient (Wildman–Crippen LogP) is 1.72. The van der Waals surface area contributed by atoms with Crippen molar-refractivity contribution < 1.29 is 14.3 Å². The number of hydrogen-bond acceptors (Lipinski definition) is 3. The third-order valence-corrected chi connectivity index (χ3v) is 2.81. The first-order valence-electron chi connectivity index (χ1n) is 4.91. The standard InChI is InChI=1S/C11H16O3/c1-3-8-5-4-6-10(12)9(8)7-11(13)14-2/h3,8-9H,1,4-7H2,2H3. The molecule has 2 unspecified atom stereocenters. The Morgan fingerprint density at radius 3 is 3.00 bits per heavy atom. The van der Waals surface area contributed by atoms with Gasteiger partial charge in [0, 0.05) is 12.3 Å². The van der Waals surface area contributed by atoms with Crippen molar-refractivity contribution in [2.45, 2.75) is 25.7 Å². The molecule has 0 bridgehead atoms. The minimum Gasteiger partial charge on any atom is -0.469 e. The van der Waals surface area contributed by atoms with Crippen molar-refractivity contribution in [3.05, 3.63) is 12.7 Å². The molecule has 1 aliphatic rings. The van der Waals surface area contributed by atoms with Crippen LogP contribution in [-0.2, 0) is 14.3 Å².